The fourth-order valence-corrected chi connectivity index (χ4v) is 5.19. The van der Waals surface area contributed by atoms with Crippen molar-refractivity contribution in [2.45, 2.75) is 50.5 Å². The van der Waals surface area contributed by atoms with Crippen molar-refractivity contribution in [1.29, 1.82) is 0 Å². The highest BCUT2D eigenvalue weighted by Gasteiger charge is 2.58. The number of rotatable bonds is 2. The number of likely N-dealkylation sites (tertiary alicyclic amines) is 1. The lowest BCUT2D eigenvalue weighted by atomic mass is 9.89. The average molecular weight is 444 g/mol. The third kappa shape index (κ3) is 3.28. The monoisotopic (exact) mass is 444 g/mol. The van der Waals surface area contributed by atoms with Crippen LogP contribution in [0.15, 0.2) is 36.4 Å². The number of carbonyl (C=O) groups excluding carboxylic acids is 2. The van der Waals surface area contributed by atoms with Gasteiger partial charge in [0.1, 0.15) is 23.7 Å². The van der Waals surface area contributed by atoms with Crippen LogP contribution in [0.25, 0.3) is 0 Å². The van der Waals surface area contributed by atoms with E-state index in [1.54, 1.807) is 28.9 Å². The fourth-order valence-electron chi connectivity index (χ4n) is 5.19. The zero-order valence-corrected chi connectivity index (χ0v) is 17.6. The highest BCUT2D eigenvalue weighted by Crippen LogP contribution is 2.47. The van der Waals surface area contributed by atoms with Crippen LogP contribution in [0.3, 0.4) is 0 Å². The molecule has 5 rings (SSSR count). The lowest BCUT2D eigenvalue weighted by molar-refractivity contribution is -0.142. The maximum Gasteiger partial charge on any atom is 0.257 e. The number of amides is 2. The molecule has 32 heavy (non-hydrogen) atoms. The minimum Gasteiger partial charge on any atom is -0.342 e. The first-order valence-electron chi connectivity index (χ1n) is 10.8. The number of fused-ring (bicyclic) bond motifs is 1. The first kappa shape index (κ1) is 21.0. The Labute approximate surface area is 183 Å². The highest BCUT2D eigenvalue weighted by atomic mass is 19.1. The summed E-state index contributed by atoms with van der Waals surface area (Å²) in [5.41, 5.74) is -0.217. The van der Waals surface area contributed by atoms with Crippen LogP contribution in [0, 0.1) is 24.4 Å². The molecule has 3 heterocycles. The number of halogens is 3. The summed E-state index contributed by atoms with van der Waals surface area (Å²) in [6.07, 6.45) is 1.28. The second kappa shape index (κ2) is 7.62. The molecule has 2 atom stereocenters. The summed E-state index contributed by atoms with van der Waals surface area (Å²) < 4.78 is 48.1. The van der Waals surface area contributed by atoms with E-state index in [0.717, 1.165) is 6.07 Å². The summed E-state index contributed by atoms with van der Waals surface area (Å²) >= 11 is 0. The van der Waals surface area contributed by atoms with Crippen molar-refractivity contribution >= 4 is 11.8 Å². The van der Waals surface area contributed by atoms with Gasteiger partial charge in [-0.25, -0.2) is 13.2 Å². The topological polar surface area (TPSA) is 49.9 Å². The van der Waals surface area contributed by atoms with Crippen LogP contribution < -0.4 is 0 Å². The molecule has 0 aromatic heterocycles. The van der Waals surface area contributed by atoms with Crippen LogP contribution in [-0.4, -0.2) is 46.5 Å². The molecule has 2 amide bonds. The molecule has 3 fully saturated rings. The molecule has 1 spiro atoms. The Bertz CT molecular complexity index is 1080. The van der Waals surface area contributed by atoms with Crippen LogP contribution in [0.2, 0.25) is 0 Å². The molecule has 2 aromatic carbocycles. The molecule has 8 heteroatoms. The van der Waals surface area contributed by atoms with Gasteiger partial charge in [-0.15, -0.1) is 0 Å². The SMILES string of the molecule is Cc1cccc(C(=O)N2CCC3(CC2)O[C@@H]2CC[C@@H](c4cc(F)cc(F)c4)N2C3=O)c1F. The van der Waals surface area contributed by atoms with Gasteiger partial charge >= 0.3 is 0 Å². The Kier molecular flexibility index (Phi) is 5.00. The summed E-state index contributed by atoms with van der Waals surface area (Å²) in [6, 6.07) is 7.59. The standard InChI is InChI=1S/C24H23F3N2O3/c1-14-3-2-4-18(21(14)27)22(30)28-9-7-24(8-10-28)23(31)29-19(5-6-20(29)32-24)15-11-16(25)13-17(26)12-15/h2-4,11-13,19-20H,5-10H2,1H3/t19-,20+/m0/s1. The summed E-state index contributed by atoms with van der Waals surface area (Å²) in [7, 11) is 0. The van der Waals surface area contributed by atoms with Gasteiger partial charge in [0, 0.05) is 32.0 Å². The molecule has 0 bridgehead atoms. The molecular formula is C24H23F3N2O3. The van der Waals surface area contributed by atoms with Crippen molar-refractivity contribution < 1.29 is 27.5 Å². The van der Waals surface area contributed by atoms with Crippen molar-refractivity contribution in [3.8, 4) is 0 Å². The summed E-state index contributed by atoms with van der Waals surface area (Å²) in [4.78, 5) is 29.4. The van der Waals surface area contributed by atoms with Crippen LogP contribution in [0.4, 0.5) is 13.2 Å². The molecule has 0 N–H and O–H groups in total. The van der Waals surface area contributed by atoms with Gasteiger partial charge in [-0.05, 0) is 49.1 Å². The predicted molar refractivity (Wildman–Crippen MR) is 109 cm³/mol. The molecule has 168 valence electrons. The lowest BCUT2D eigenvalue weighted by Crippen LogP contribution is -2.51. The quantitative estimate of drug-likeness (QED) is 0.701. The number of hydrogen-bond donors (Lipinski definition) is 0. The van der Waals surface area contributed by atoms with E-state index < -0.39 is 41.2 Å². The molecule has 0 unspecified atom stereocenters. The molecule has 2 aromatic rings. The van der Waals surface area contributed by atoms with Gasteiger partial charge in [-0.2, -0.15) is 0 Å². The van der Waals surface area contributed by atoms with Gasteiger partial charge < -0.3 is 14.5 Å². The molecule has 0 aliphatic carbocycles. The first-order valence-corrected chi connectivity index (χ1v) is 10.8. The second-order valence-corrected chi connectivity index (χ2v) is 8.80. The number of benzene rings is 2. The van der Waals surface area contributed by atoms with Gasteiger partial charge in [-0.1, -0.05) is 12.1 Å². The van der Waals surface area contributed by atoms with Crippen LogP contribution in [0.1, 0.15) is 53.2 Å². The van der Waals surface area contributed by atoms with Gasteiger partial charge in [-0.3, -0.25) is 9.59 Å². The number of hydrogen-bond acceptors (Lipinski definition) is 3. The largest absolute Gasteiger partial charge is 0.342 e. The van der Waals surface area contributed by atoms with E-state index in [1.807, 2.05) is 0 Å². The third-order valence-corrected chi connectivity index (χ3v) is 6.87. The molecule has 3 aliphatic heterocycles. The number of ether oxygens (including phenoxy) is 1. The predicted octanol–water partition coefficient (Wildman–Crippen LogP) is 4.11. The minimum atomic E-state index is -1.06. The number of nitrogens with zero attached hydrogens (tertiary/aromatic N) is 2. The Morgan fingerprint density at radius 3 is 2.44 bits per heavy atom. The Morgan fingerprint density at radius 2 is 1.75 bits per heavy atom. The Balaban J connectivity index is 1.32. The van der Waals surface area contributed by atoms with Gasteiger partial charge in [0.2, 0.25) is 0 Å². The minimum absolute atomic E-state index is 0.0217. The zero-order valence-electron chi connectivity index (χ0n) is 17.6. The molecule has 5 nitrogen and oxygen atoms in total. The van der Waals surface area contributed by atoms with Gasteiger partial charge in [0.15, 0.2) is 5.60 Å². The number of aryl methyl sites for hydroxylation is 1. The van der Waals surface area contributed by atoms with Gasteiger partial charge in [0.25, 0.3) is 11.8 Å². The highest BCUT2D eigenvalue weighted by molar-refractivity contribution is 5.95. The molecule has 0 radical (unpaired) electrons. The average Bonchev–Trinajstić information content (AvgIpc) is 3.28. The van der Waals surface area contributed by atoms with Crippen LogP contribution in [0.5, 0.6) is 0 Å². The van der Waals surface area contributed by atoms with E-state index >= 15 is 0 Å². The van der Waals surface area contributed by atoms with E-state index in [0.29, 0.717) is 36.8 Å². The van der Waals surface area contributed by atoms with Crippen LogP contribution >= 0.6 is 0 Å². The summed E-state index contributed by atoms with van der Waals surface area (Å²) in [5, 5.41) is 0. The first-order chi connectivity index (χ1) is 15.3. The zero-order chi connectivity index (χ0) is 22.6. The molecule has 3 saturated heterocycles. The van der Waals surface area contributed by atoms with Crippen molar-refractivity contribution in [3.63, 3.8) is 0 Å². The summed E-state index contributed by atoms with van der Waals surface area (Å²) in [5.74, 6) is -2.50. The lowest BCUT2D eigenvalue weighted by Gasteiger charge is -2.37. The fraction of sp³-hybridized carbons (Fsp3) is 0.417. The van der Waals surface area contributed by atoms with Gasteiger partial charge in [0.05, 0.1) is 11.6 Å². The maximum atomic E-state index is 14.4. The van der Waals surface area contributed by atoms with E-state index in [4.69, 9.17) is 4.74 Å². The van der Waals surface area contributed by atoms with Crippen LogP contribution in [-0.2, 0) is 9.53 Å². The van der Waals surface area contributed by atoms with Crippen molar-refractivity contribution in [1.82, 2.24) is 9.80 Å². The van der Waals surface area contributed by atoms with Crippen molar-refractivity contribution in [3.05, 3.63) is 70.5 Å². The number of piperidine rings is 1. The normalized spacial score (nSPS) is 24.3. The molecule has 3 aliphatic rings. The number of carbonyl (C=O) groups is 2. The van der Waals surface area contributed by atoms with E-state index in [9.17, 15) is 22.8 Å². The van der Waals surface area contributed by atoms with E-state index in [1.165, 1.54) is 18.2 Å². The molecule has 0 saturated carbocycles. The Hall–Kier alpha value is -2.87. The third-order valence-electron chi connectivity index (χ3n) is 6.87. The Morgan fingerprint density at radius 1 is 1.06 bits per heavy atom. The molecular weight excluding hydrogens is 421 g/mol. The smallest absolute Gasteiger partial charge is 0.257 e. The van der Waals surface area contributed by atoms with Crippen molar-refractivity contribution in [2.75, 3.05) is 13.1 Å². The van der Waals surface area contributed by atoms with E-state index in [2.05, 4.69) is 0 Å². The van der Waals surface area contributed by atoms with Crippen molar-refractivity contribution in [2.24, 2.45) is 0 Å². The second-order valence-electron chi connectivity index (χ2n) is 8.80. The summed E-state index contributed by atoms with van der Waals surface area (Å²) in [6.45, 7) is 2.13. The van der Waals surface area contributed by atoms with E-state index in [-0.39, 0.29) is 24.6 Å². The maximum absolute atomic E-state index is 14.4.